The van der Waals surface area contributed by atoms with Crippen LogP contribution in [-0.4, -0.2) is 0 Å². The second kappa shape index (κ2) is 5.73. The van der Waals surface area contributed by atoms with E-state index in [9.17, 15) is 0 Å². The van der Waals surface area contributed by atoms with Gasteiger partial charge >= 0.3 is 0 Å². The minimum atomic E-state index is 0. The predicted molar refractivity (Wildman–Crippen MR) is 56.2 cm³/mol. The second-order valence-corrected chi connectivity index (χ2v) is 3.48. The Hall–Kier alpha value is -0.930. The van der Waals surface area contributed by atoms with E-state index >= 15 is 0 Å². The summed E-state index contributed by atoms with van der Waals surface area (Å²) in [6, 6.07) is 8.13. The van der Waals surface area contributed by atoms with Crippen molar-refractivity contribution in [3.8, 4) is 0 Å². The first-order valence-electron chi connectivity index (χ1n) is 4.11. The first kappa shape index (κ1) is 11.1. The number of aromatic nitrogens is 1. The zero-order valence-electron chi connectivity index (χ0n) is 7.51. The number of pyridine rings is 1. The molecule has 1 nitrogen and oxygen atoms in total. The number of rotatable bonds is 2. The molecule has 2 aromatic rings. The zero-order valence-corrected chi connectivity index (χ0v) is 9.91. The van der Waals surface area contributed by atoms with Crippen LogP contribution in [0.2, 0.25) is 0 Å². The van der Waals surface area contributed by atoms with E-state index in [-0.39, 0.29) is 17.0 Å². The molecular formula is C11H10BrNS. The van der Waals surface area contributed by atoms with Crippen molar-refractivity contribution in [1.29, 1.82) is 0 Å². The standard InChI is InChI=1S/C11H10NS.BrH/c1-2-6-12(7-3-1)8-4-11-5-9-13-10-11;/h1-10H;1H/q+1;/p-1/b8-4+;. The molecule has 2 heterocycles. The van der Waals surface area contributed by atoms with E-state index in [1.165, 1.54) is 5.56 Å². The zero-order chi connectivity index (χ0) is 8.93. The van der Waals surface area contributed by atoms with Crippen LogP contribution in [0.3, 0.4) is 0 Å². The monoisotopic (exact) mass is 267 g/mol. The molecule has 0 spiro atoms. The van der Waals surface area contributed by atoms with Crippen molar-refractivity contribution in [1.82, 2.24) is 0 Å². The van der Waals surface area contributed by atoms with Gasteiger partial charge < -0.3 is 17.0 Å². The van der Waals surface area contributed by atoms with Crippen LogP contribution in [0.1, 0.15) is 5.56 Å². The normalized spacial score (nSPS) is 10.0. The molecule has 14 heavy (non-hydrogen) atoms. The average Bonchev–Trinajstić information content (AvgIpc) is 2.69. The molecule has 0 N–H and O–H groups in total. The fourth-order valence-electron chi connectivity index (χ4n) is 1.05. The summed E-state index contributed by atoms with van der Waals surface area (Å²) in [5.74, 6) is 0. The fourth-order valence-corrected chi connectivity index (χ4v) is 1.68. The minimum Gasteiger partial charge on any atom is -1.00 e. The molecule has 0 aliphatic carbocycles. The van der Waals surface area contributed by atoms with E-state index in [0.717, 1.165) is 0 Å². The van der Waals surface area contributed by atoms with E-state index in [1.54, 1.807) is 11.3 Å². The van der Waals surface area contributed by atoms with Gasteiger partial charge in [0.05, 0.1) is 0 Å². The van der Waals surface area contributed by atoms with Crippen molar-refractivity contribution in [3.05, 3.63) is 53.0 Å². The van der Waals surface area contributed by atoms with Gasteiger partial charge in [-0.2, -0.15) is 15.9 Å². The van der Waals surface area contributed by atoms with Crippen molar-refractivity contribution >= 4 is 23.6 Å². The SMILES string of the molecule is C(=C\[n+]1ccccc1)/c1ccsc1.[Br-]. The Morgan fingerprint density at radius 3 is 2.57 bits per heavy atom. The van der Waals surface area contributed by atoms with E-state index in [2.05, 4.69) is 22.9 Å². The van der Waals surface area contributed by atoms with Crippen molar-refractivity contribution in [2.45, 2.75) is 0 Å². The van der Waals surface area contributed by atoms with E-state index in [0.29, 0.717) is 0 Å². The lowest BCUT2D eigenvalue weighted by Gasteiger charge is -1.84. The molecule has 0 aromatic carbocycles. The number of hydrogen-bond donors (Lipinski definition) is 0. The Balaban J connectivity index is 0.000000980. The van der Waals surface area contributed by atoms with Crippen molar-refractivity contribution < 1.29 is 21.5 Å². The molecule has 0 atom stereocenters. The van der Waals surface area contributed by atoms with Crippen LogP contribution in [0.4, 0.5) is 0 Å². The van der Waals surface area contributed by atoms with Crippen LogP contribution < -0.4 is 21.5 Å². The summed E-state index contributed by atoms with van der Waals surface area (Å²) in [6.07, 6.45) is 8.17. The molecule has 0 unspecified atom stereocenters. The molecule has 3 heteroatoms. The molecule has 0 bridgehead atoms. The number of hydrogen-bond acceptors (Lipinski definition) is 1. The van der Waals surface area contributed by atoms with Crippen molar-refractivity contribution in [3.63, 3.8) is 0 Å². The highest BCUT2D eigenvalue weighted by Gasteiger charge is 1.90. The summed E-state index contributed by atoms with van der Waals surface area (Å²) in [4.78, 5) is 0. The maximum atomic E-state index is 2.12. The summed E-state index contributed by atoms with van der Waals surface area (Å²) in [7, 11) is 0. The van der Waals surface area contributed by atoms with Gasteiger partial charge in [0.25, 0.3) is 0 Å². The summed E-state index contributed by atoms with van der Waals surface area (Å²) in [5.41, 5.74) is 1.25. The van der Waals surface area contributed by atoms with Crippen LogP contribution >= 0.6 is 11.3 Å². The second-order valence-electron chi connectivity index (χ2n) is 2.70. The molecule has 2 rings (SSSR count). The van der Waals surface area contributed by atoms with Gasteiger partial charge in [0.15, 0.2) is 18.6 Å². The minimum absolute atomic E-state index is 0. The van der Waals surface area contributed by atoms with Crippen molar-refractivity contribution in [2.24, 2.45) is 0 Å². The van der Waals surface area contributed by atoms with E-state index in [4.69, 9.17) is 0 Å². The highest BCUT2D eigenvalue weighted by molar-refractivity contribution is 7.08. The van der Waals surface area contributed by atoms with Crippen molar-refractivity contribution in [2.75, 3.05) is 0 Å². The molecule has 72 valence electrons. The van der Waals surface area contributed by atoms with Gasteiger partial charge in [-0.15, -0.1) is 0 Å². The topological polar surface area (TPSA) is 3.88 Å². The third-order valence-electron chi connectivity index (χ3n) is 1.72. The predicted octanol–water partition coefficient (Wildman–Crippen LogP) is -0.333. The van der Waals surface area contributed by atoms with Gasteiger partial charge in [-0.05, 0) is 22.4 Å². The molecule has 0 radical (unpaired) electrons. The Labute approximate surface area is 98.1 Å². The Bertz CT molecular complexity index is 381. The maximum Gasteiger partial charge on any atom is 0.175 e. The average molecular weight is 268 g/mol. The third kappa shape index (κ3) is 3.09. The van der Waals surface area contributed by atoms with Gasteiger partial charge in [0, 0.05) is 18.2 Å². The molecule has 2 aromatic heterocycles. The van der Waals surface area contributed by atoms with Gasteiger partial charge in [-0.25, -0.2) is 0 Å². The molecule has 0 saturated heterocycles. The first-order valence-corrected chi connectivity index (χ1v) is 5.05. The van der Waals surface area contributed by atoms with Crippen LogP contribution in [0.15, 0.2) is 47.4 Å². The van der Waals surface area contributed by atoms with Crippen LogP contribution in [0.25, 0.3) is 12.3 Å². The highest BCUT2D eigenvalue weighted by Crippen LogP contribution is 2.06. The lowest BCUT2D eigenvalue weighted by molar-refractivity contribution is -0.567. The maximum absolute atomic E-state index is 2.12. The Morgan fingerprint density at radius 2 is 1.93 bits per heavy atom. The quantitative estimate of drug-likeness (QED) is 0.657. The van der Waals surface area contributed by atoms with E-state index < -0.39 is 0 Å². The molecular weight excluding hydrogens is 258 g/mol. The first-order chi connectivity index (χ1) is 6.45. The Kier molecular flexibility index (Phi) is 4.56. The summed E-state index contributed by atoms with van der Waals surface area (Å²) in [6.45, 7) is 0. The van der Waals surface area contributed by atoms with Crippen LogP contribution in [0, 0.1) is 0 Å². The number of halogens is 1. The fraction of sp³-hybridized carbons (Fsp3) is 0. The molecule has 0 aliphatic heterocycles. The highest BCUT2D eigenvalue weighted by atomic mass is 79.9. The lowest BCUT2D eigenvalue weighted by atomic mass is 10.3. The summed E-state index contributed by atoms with van der Waals surface area (Å²) < 4.78 is 2.03. The van der Waals surface area contributed by atoms with Gasteiger partial charge in [0.2, 0.25) is 0 Å². The molecule has 0 saturated carbocycles. The smallest absolute Gasteiger partial charge is 0.175 e. The third-order valence-corrected chi connectivity index (χ3v) is 2.42. The number of thiophene rings is 1. The summed E-state index contributed by atoms with van der Waals surface area (Å²) >= 11 is 1.71. The summed E-state index contributed by atoms with van der Waals surface area (Å²) in [5, 5.41) is 4.20. The number of nitrogens with zero attached hydrogens (tertiary/aromatic N) is 1. The van der Waals surface area contributed by atoms with Crippen LogP contribution in [-0.2, 0) is 0 Å². The lowest BCUT2D eigenvalue weighted by Crippen LogP contribution is -3.00. The van der Waals surface area contributed by atoms with Gasteiger partial charge in [0.1, 0.15) is 0 Å². The van der Waals surface area contributed by atoms with Crippen LogP contribution in [0.5, 0.6) is 0 Å². The Morgan fingerprint density at radius 1 is 1.14 bits per heavy atom. The molecule has 0 amide bonds. The molecule has 0 fully saturated rings. The van der Waals surface area contributed by atoms with Gasteiger partial charge in [-0.3, -0.25) is 0 Å². The van der Waals surface area contributed by atoms with Gasteiger partial charge in [-0.1, -0.05) is 6.07 Å². The largest absolute Gasteiger partial charge is 1.00 e. The van der Waals surface area contributed by atoms with E-state index in [1.807, 2.05) is 41.4 Å². The molecule has 0 aliphatic rings.